The molecule has 1 aliphatic heterocycles. The van der Waals surface area contributed by atoms with Crippen LogP contribution in [0, 0.1) is 12.8 Å². The first kappa shape index (κ1) is 15.5. The van der Waals surface area contributed by atoms with Gasteiger partial charge in [-0.2, -0.15) is 0 Å². The van der Waals surface area contributed by atoms with Crippen LogP contribution in [0.5, 0.6) is 0 Å². The van der Waals surface area contributed by atoms with Gasteiger partial charge in [-0.3, -0.25) is 0 Å². The lowest BCUT2D eigenvalue weighted by molar-refractivity contribution is 0.0603. The van der Waals surface area contributed by atoms with Crippen molar-refractivity contribution in [2.75, 3.05) is 19.8 Å². The maximum atomic E-state index is 5.47. The van der Waals surface area contributed by atoms with E-state index in [2.05, 4.69) is 43.4 Å². The fraction of sp³-hybridized carbons (Fsp3) is 0.667. The summed E-state index contributed by atoms with van der Waals surface area (Å²) in [5.74, 6) is 0.852. The molecule has 0 amide bonds. The van der Waals surface area contributed by atoms with Gasteiger partial charge in [-0.15, -0.1) is 0 Å². The van der Waals surface area contributed by atoms with Gasteiger partial charge in [-0.1, -0.05) is 31.2 Å². The van der Waals surface area contributed by atoms with Crippen molar-refractivity contribution < 1.29 is 4.74 Å². The molecular formula is C18H29NO. The topological polar surface area (TPSA) is 21.3 Å². The van der Waals surface area contributed by atoms with E-state index in [0.29, 0.717) is 6.04 Å². The molecule has 1 unspecified atom stereocenters. The van der Waals surface area contributed by atoms with Gasteiger partial charge < -0.3 is 10.1 Å². The van der Waals surface area contributed by atoms with Crippen LogP contribution in [0.25, 0.3) is 0 Å². The second-order valence-corrected chi connectivity index (χ2v) is 6.01. The lowest BCUT2D eigenvalue weighted by Crippen LogP contribution is -2.33. The zero-order valence-corrected chi connectivity index (χ0v) is 13.0. The van der Waals surface area contributed by atoms with Gasteiger partial charge in [0.25, 0.3) is 0 Å². The van der Waals surface area contributed by atoms with Crippen molar-refractivity contribution in [3.05, 3.63) is 35.4 Å². The van der Waals surface area contributed by atoms with Crippen molar-refractivity contribution in [2.24, 2.45) is 5.92 Å². The minimum absolute atomic E-state index is 0.655. The van der Waals surface area contributed by atoms with Gasteiger partial charge in [0.2, 0.25) is 0 Å². The van der Waals surface area contributed by atoms with Crippen LogP contribution in [0.15, 0.2) is 24.3 Å². The minimum atomic E-state index is 0.655. The minimum Gasteiger partial charge on any atom is -0.381 e. The number of benzene rings is 1. The van der Waals surface area contributed by atoms with E-state index >= 15 is 0 Å². The molecule has 0 spiro atoms. The van der Waals surface area contributed by atoms with Gasteiger partial charge >= 0.3 is 0 Å². The number of hydrogen-bond donors (Lipinski definition) is 1. The second-order valence-electron chi connectivity index (χ2n) is 6.01. The molecule has 1 saturated heterocycles. The van der Waals surface area contributed by atoms with Crippen LogP contribution in [-0.2, 0) is 11.2 Å². The molecule has 0 saturated carbocycles. The number of hydrogen-bond acceptors (Lipinski definition) is 2. The van der Waals surface area contributed by atoms with Crippen LogP contribution in [-0.4, -0.2) is 25.8 Å². The molecule has 1 aliphatic rings. The third-order valence-electron chi connectivity index (χ3n) is 4.47. The van der Waals surface area contributed by atoms with Crippen LogP contribution in [0.2, 0.25) is 0 Å². The molecule has 0 aliphatic carbocycles. The van der Waals surface area contributed by atoms with Gasteiger partial charge in [0.15, 0.2) is 0 Å². The van der Waals surface area contributed by atoms with Gasteiger partial charge in [-0.25, -0.2) is 0 Å². The average Bonchev–Trinajstić information content (AvgIpc) is 2.47. The summed E-state index contributed by atoms with van der Waals surface area (Å²) in [5.41, 5.74) is 2.93. The van der Waals surface area contributed by atoms with Gasteiger partial charge in [-0.05, 0) is 62.6 Å². The van der Waals surface area contributed by atoms with E-state index in [-0.39, 0.29) is 0 Å². The summed E-state index contributed by atoms with van der Waals surface area (Å²) in [7, 11) is 0. The Morgan fingerprint density at radius 3 is 2.70 bits per heavy atom. The van der Waals surface area contributed by atoms with Crippen molar-refractivity contribution in [3.8, 4) is 0 Å². The Morgan fingerprint density at radius 1 is 1.25 bits per heavy atom. The van der Waals surface area contributed by atoms with Crippen LogP contribution >= 0.6 is 0 Å². The van der Waals surface area contributed by atoms with E-state index in [1.807, 2.05) is 0 Å². The SMILES string of the molecule is CCNC(CCc1ccccc1C)CC1CCOCC1. The lowest BCUT2D eigenvalue weighted by Gasteiger charge is -2.27. The summed E-state index contributed by atoms with van der Waals surface area (Å²) in [5, 5.41) is 3.68. The van der Waals surface area contributed by atoms with E-state index in [1.165, 1.54) is 43.2 Å². The lowest BCUT2D eigenvalue weighted by atomic mass is 9.89. The molecule has 0 radical (unpaired) electrons. The Kier molecular flexibility index (Phi) is 6.55. The molecule has 20 heavy (non-hydrogen) atoms. The molecule has 1 fully saturated rings. The van der Waals surface area contributed by atoms with Crippen molar-refractivity contribution >= 4 is 0 Å². The molecule has 2 heteroatoms. The zero-order chi connectivity index (χ0) is 14.2. The smallest absolute Gasteiger partial charge is 0.0468 e. The number of rotatable bonds is 7. The quantitative estimate of drug-likeness (QED) is 0.819. The summed E-state index contributed by atoms with van der Waals surface area (Å²) in [6, 6.07) is 9.43. The van der Waals surface area contributed by atoms with Gasteiger partial charge in [0, 0.05) is 19.3 Å². The summed E-state index contributed by atoms with van der Waals surface area (Å²) < 4.78 is 5.47. The molecule has 2 nitrogen and oxygen atoms in total. The highest BCUT2D eigenvalue weighted by Crippen LogP contribution is 2.22. The first-order valence-electron chi connectivity index (χ1n) is 8.15. The molecule has 112 valence electrons. The predicted molar refractivity (Wildman–Crippen MR) is 85.1 cm³/mol. The highest BCUT2D eigenvalue weighted by atomic mass is 16.5. The molecule has 1 N–H and O–H groups in total. The standard InChI is InChI=1S/C18H29NO/c1-3-19-18(14-16-10-12-20-13-11-16)9-8-17-7-5-4-6-15(17)2/h4-7,16,18-19H,3,8-14H2,1-2H3. The van der Waals surface area contributed by atoms with Crippen LogP contribution < -0.4 is 5.32 Å². The van der Waals surface area contributed by atoms with E-state index in [1.54, 1.807) is 0 Å². The molecular weight excluding hydrogens is 246 g/mol. The number of aryl methyl sites for hydroxylation is 2. The van der Waals surface area contributed by atoms with Crippen molar-refractivity contribution in [1.82, 2.24) is 5.32 Å². The first-order chi connectivity index (χ1) is 9.79. The van der Waals surface area contributed by atoms with E-state index in [4.69, 9.17) is 4.74 Å². The largest absolute Gasteiger partial charge is 0.381 e. The second kappa shape index (κ2) is 8.43. The van der Waals surface area contributed by atoms with Crippen molar-refractivity contribution in [3.63, 3.8) is 0 Å². The highest BCUT2D eigenvalue weighted by Gasteiger charge is 2.18. The summed E-state index contributed by atoms with van der Waals surface area (Å²) in [6.45, 7) is 7.42. The van der Waals surface area contributed by atoms with Crippen molar-refractivity contribution in [1.29, 1.82) is 0 Å². The third-order valence-corrected chi connectivity index (χ3v) is 4.47. The van der Waals surface area contributed by atoms with Gasteiger partial charge in [0.1, 0.15) is 0 Å². The molecule has 1 atom stereocenters. The fourth-order valence-corrected chi connectivity index (χ4v) is 3.20. The van der Waals surface area contributed by atoms with Crippen LogP contribution in [0.3, 0.4) is 0 Å². The summed E-state index contributed by atoms with van der Waals surface area (Å²) in [6.07, 6.45) is 6.23. The Bertz CT molecular complexity index is 385. The Morgan fingerprint density at radius 2 is 2.00 bits per heavy atom. The molecule has 0 bridgehead atoms. The molecule has 1 heterocycles. The maximum Gasteiger partial charge on any atom is 0.0468 e. The monoisotopic (exact) mass is 275 g/mol. The zero-order valence-electron chi connectivity index (χ0n) is 13.0. The maximum absolute atomic E-state index is 5.47. The molecule has 0 aromatic heterocycles. The third kappa shape index (κ3) is 4.92. The van der Waals surface area contributed by atoms with Crippen LogP contribution in [0.4, 0.5) is 0 Å². The summed E-state index contributed by atoms with van der Waals surface area (Å²) >= 11 is 0. The van der Waals surface area contributed by atoms with E-state index in [9.17, 15) is 0 Å². The molecule has 1 aromatic carbocycles. The fourth-order valence-electron chi connectivity index (χ4n) is 3.20. The van der Waals surface area contributed by atoms with Crippen molar-refractivity contribution in [2.45, 2.75) is 52.0 Å². The highest BCUT2D eigenvalue weighted by molar-refractivity contribution is 5.25. The Labute approximate surface area is 123 Å². The Balaban J connectivity index is 1.83. The normalized spacial score (nSPS) is 18.1. The Hall–Kier alpha value is -0.860. The molecule has 2 rings (SSSR count). The predicted octanol–water partition coefficient (Wildman–Crippen LogP) is 3.72. The number of ether oxygens (including phenoxy) is 1. The van der Waals surface area contributed by atoms with E-state index in [0.717, 1.165) is 25.7 Å². The average molecular weight is 275 g/mol. The van der Waals surface area contributed by atoms with Gasteiger partial charge in [0.05, 0.1) is 0 Å². The first-order valence-corrected chi connectivity index (χ1v) is 8.15. The van der Waals surface area contributed by atoms with Crippen LogP contribution in [0.1, 0.15) is 43.7 Å². The number of nitrogens with one attached hydrogen (secondary N) is 1. The summed E-state index contributed by atoms with van der Waals surface area (Å²) in [4.78, 5) is 0. The van der Waals surface area contributed by atoms with E-state index < -0.39 is 0 Å². The molecule has 1 aromatic rings.